The molecule has 0 fully saturated rings. The lowest BCUT2D eigenvalue weighted by atomic mass is 10.2. The van der Waals surface area contributed by atoms with Gasteiger partial charge >= 0.3 is 0 Å². The van der Waals surface area contributed by atoms with Crippen molar-refractivity contribution in [1.29, 1.82) is 0 Å². The third kappa shape index (κ3) is 4.90. The molecule has 4 heteroatoms. The molecule has 1 aromatic heterocycles. The van der Waals surface area contributed by atoms with E-state index in [0.717, 1.165) is 5.69 Å². The molecular formula is C17H16FNO2. The third-order valence-electron chi connectivity index (χ3n) is 2.74. The number of aromatic nitrogens is 1. The number of rotatable bonds is 5. The van der Waals surface area contributed by atoms with Gasteiger partial charge in [-0.3, -0.25) is 4.98 Å². The van der Waals surface area contributed by atoms with E-state index in [2.05, 4.69) is 16.8 Å². The van der Waals surface area contributed by atoms with Crippen molar-refractivity contribution in [3.63, 3.8) is 0 Å². The van der Waals surface area contributed by atoms with Crippen LogP contribution in [0, 0.1) is 17.7 Å². The van der Waals surface area contributed by atoms with Crippen LogP contribution in [0.4, 0.5) is 4.39 Å². The Balaban J connectivity index is 2.01. The van der Waals surface area contributed by atoms with Crippen LogP contribution >= 0.6 is 0 Å². The first kappa shape index (κ1) is 15.0. The van der Waals surface area contributed by atoms with Gasteiger partial charge in [-0.2, -0.15) is 0 Å². The molecule has 0 spiro atoms. The Morgan fingerprint density at radius 3 is 2.90 bits per heavy atom. The molecule has 0 unspecified atom stereocenters. The van der Waals surface area contributed by atoms with Crippen molar-refractivity contribution in [3.8, 4) is 17.6 Å². The van der Waals surface area contributed by atoms with Gasteiger partial charge < -0.3 is 9.84 Å². The predicted octanol–water partition coefficient (Wildman–Crippen LogP) is 2.58. The van der Waals surface area contributed by atoms with Crippen LogP contribution in [0.5, 0.6) is 5.75 Å². The standard InChI is InChI=1S/C17H16FNO2/c18-15-7-8-17(14(13-15)5-2-4-11-20)21-12-9-16-6-1-3-10-19-16/h1,3,6-8,10,13,20H,4,9,11-12H2. The van der Waals surface area contributed by atoms with Crippen molar-refractivity contribution in [3.05, 3.63) is 59.7 Å². The maximum absolute atomic E-state index is 13.3. The van der Waals surface area contributed by atoms with E-state index in [0.29, 0.717) is 30.8 Å². The molecule has 0 saturated heterocycles. The summed E-state index contributed by atoms with van der Waals surface area (Å²) < 4.78 is 18.9. The van der Waals surface area contributed by atoms with Gasteiger partial charge in [0.25, 0.3) is 0 Å². The molecule has 108 valence electrons. The average molecular weight is 285 g/mol. The Morgan fingerprint density at radius 1 is 1.24 bits per heavy atom. The number of halogens is 1. The Bertz CT molecular complexity index is 632. The fraction of sp³-hybridized carbons (Fsp3) is 0.235. The quantitative estimate of drug-likeness (QED) is 0.859. The lowest BCUT2D eigenvalue weighted by Crippen LogP contribution is -2.04. The highest BCUT2D eigenvalue weighted by Gasteiger charge is 2.04. The third-order valence-corrected chi connectivity index (χ3v) is 2.74. The van der Waals surface area contributed by atoms with Gasteiger partial charge in [-0.05, 0) is 30.3 Å². The van der Waals surface area contributed by atoms with Crippen molar-refractivity contribution in [2.24, 2.45) is 0 Å². The molecule has 0 aliphatic carbocycles. The van der Waals surface area contributed by atoms with Crippen molar-refractivity contribution in [2.75, 3.05) is 13.2 Å². The number of aliphatic hydroxyl groups is 1. The van der Waals surface area contributed by atoms with Crippen molar-refractivity contribution in [1.82, 2.24) is 4.98 Å². The molecule has 0 bridgehead atoms. The number of ether oxygens (including phenoxy) is 1. The normalized spacial score (nSPS) is 9.81. The zero-order chi connectivity index (χ0) is 14.9. The summed E-state index contributed by atoms with van der Waals surface area (Å²) in [5, 5.41) is 8.72. The molecule has 0 amide bonds. The van der Waals surface area contributed by atoms with Crippen molar-refractivity contribution < 1.29 is 14.2 Å². The molecular weight excluding hydrogens is 269 g/mol. The van der Waals surface area contributed by atoms with Crippen LogP contribution in [0.25, 0.3) is 0 Å². The Morgan fingerprint density at radius 2 is 2.14 bits per heavy atom. The minimum atomic E-state index is -0.361. The summed E-state index contributed by atoms with van der Waals surface area (Å²) in [7, 11) is 0. The number of nitrogens with zero attached hydrogens (tertiary/aromatic N) is 1. The summed E-state index contributed by atoms with van der Waals surface area (Å²) in [6.07, 6.45) is 2.75. The maximum atomic E-state index is 13.3. The second-order valence-corrected chi connectivity index (χ2v) is 4.34. The summed E-state index contributed by atoms with van der Waals surface area (Å²) in [4.78, 5) is 4.21. The van der Waals surface area contributed by atoms with E-state index in [4.69, 9.17) is 9.84 Å². The molecule has 1 heterocycles. The molecule has 1 aromatic carbocycles. The molecule has 2 rings (SSSR count). The molecule has 0 saturated carbocycles. The topological polar surface area (TPSA) is 42.4 Å². The molecule has 0 aliphatic heterocycles. The minimum Gasteiger partial charge on any atom is -0.492 e. The van der Waals surface area contributed by atoms with Crippen LogP contribution < -0.4 is 4.74 Å². The lowest BCUT2D eigenvalue weighted by molar-refractivity contribution is 0.305. The fourth-order valence-electron chi connectivity index (χ4n) is 1.75. The molecule has 0 radical (unpaired) electrons. The van der Waals surface area contributed by atoms with Gasteiger partial charge in [0.05, 0.1) is 18.8 Å². The van der Waals surface area contributed by atoms with Crippen molar-refractivity contribution in [2.45, 2.75) is 12.8 Å². The zero-order valence-electron chi connectivity index (χ0n) is 11.6. The first-order chi connectivity index (χ1) is 10.3. The van der Waals surface area contributed by atoms with E-state index in [9.17, 15) is 4.39 Å². The van der Waals surface area contributed by atoms with Gasteiger partial charge in [0.1, 0.15) is 11.6 Å². The van der Waals surface area contributed by atoms with Crippen LogP contribution in [0.15, 0.2) is 42.6 Å². The highest BCUT2D eigenvalue weighted by Crippen LogP contribution is 2.19. The maximum Gasteiger partial charge on any atom is 0.135 e. The molecule has 21 heavy (non-hydrogen) atoms. The van der Waals surface area contributed by atoms with Crippen LogP contribution in [0.3, 0.4) is 0 Å². The van der Waals surface area contributed by atoms with E-state index < -0.39 is 0 Å². The number of pyridine rings is 1. The van der Waals surface area contributed by atoms with E-state index in [-0.39, 0.29) is 12.4 Å². The molecule has 0 atom stereocenters. The minimum absolute atomic E-state index is 0.0157. The summed E-state index contributed by atoms with van der Waals surface area (Å²) >= 11 is 0. The Hall–Kier alpha value is -2.38. The van der Waals surface area contributed by atoms with Crippen LogP contribution in [-0.4, -0.2) is 23.3 Å². The highest BCUT2D eigenvalue weighted by atomic mass is 19.1. The molecule has 0 aliphatic rings. The average Bonchev–Trinajstić information content (AvgIpc) is 2.51. The van der Waals surface area contributed by atoms with Gasteiger partial charge in [0.2, 0.25) is 0 Å². The first-order valence-electron chi connectivity index (χ1n) is 6.71. The lowest BCUT2D eigenvalue weighted by Gasteiger charge is -2.08. The number of hydrogen-bond acceptors (Lipinski definition) is 3. The fourth-order valence-corrected chi connectivity index (χ4v) is 1.75. The number of aliphatic hydroxyl groups excluding tert-OH is 1. The number of benzene rings is 1. The summed E-state index contributed by atoms with van der Waals surface area (Å²) in [6.45, 7) is 0.426. The van der Waals surface area contributed by atoms with E-state index in [1.165, 1.54) is 12.1 Å². The highest BCUT2D eigenvalue weighted by molar-refractivity contribution is 5.46. The second kappa shape index (κ2) is 8.03. The summed E-state index contributed by atoms with van der Waals surface area (Å²) in [6, 6.07) is 9.95. The van der Waals surface area contributed by atoms with Gasteiger partial charge in [0, 0.05) is 24.7 Å². The zero-order valence-corrected chi connectivity index (χ0v) is 11.6. The van der Waals surface area contributed by atoms with Gasteiger partial charge in [0.15, 0.2) is 0 Å². The van der Waals surface area contributed by atoms with Gasteiger partial charge in [-0.25, -0.2) is 4.39 Å². The Labute approximate surface area is 123 Å². The van der Waals surface area contributed by atoms with E-state index in [1.807, 2.05) is 18.2 Å². The first-order valence-corrected chi connectivity index (χ1v) is 6.71. The van der Waals surface area contributed by atoms with E-state index in [1.54, 1.807) is 12.3 Å². The van der Waals surface area contributed by atoms with Gasteiger partial charge in [-0.15, -0.1) is 0 Å². The van der Waals surface area contributed by atoms with Crippen LogP contribution in [0.2, 0.25) is 0 Å². The second-order valence-electron chi connectivity index (χ2n) is 4.34. The molecule has 2 aromatic rings. The predicted molar refractivity (Wildman–Crippen MR) is 78.4 cm³/mol. The smallest absolute Gasteiger partial charge is 0.135 e. The van der Waals surface area contributed by atoms with Gasteiger partial charge in [-0.1, -0.05) is 17.9 Å². The monoisotopic (exact) mass is 285 g/mol. The SMILES string of the molecule is OCCC#Cc1cc(F)ccc1OCCc1ccccn1. The molecule has 3 nitrogen and oxygen atoms in total. The van der Waals surface area contributed by atoms with E-state index >= 15 is 0 Å². The largest absolute Gasteiger partial charge is 0.492 e. The Kier molecular flexibility index (Phi) is 5.74. The van der Waals surface area contributed by atoms with Crippen LogP contribution in [0.1, 0.15) is 17.7 Å². The van der Waals surface area contributed by atoms with Crippen molar-refractivity contribution >= 4 is 0 Å². The summed E-state index contributed by atoms with van der Waals surface area (Å²) in [5.41, 5.74) is 1.43. The number of hydrogen-bond donors (Lipinski definition) is 1. The molecule has 1 N–H and O–H groups in total. The van der Waals surface area contributed by atoms with Crippen LogP contribution in [-0.2, 0) is 6.42 Å². The summed E-state index contributed by atoms with van der Waals surface area (Å²) in [5.74, 6) is 5.76.